The molecule has 0 radical (unpaired) electrons. The van der Waals surface area contributed by atoms with Crippen molar-refractivity contribution in [1.29, 1.82) is 0 Å². The number of rotatable bonds is 6. The Kier molecular flexibility index (Phi) is 13.7. The molecule has 118 valence electrons. The Bertz CT molecular complexity index is 455. The fraction of sp³-hybridized carbons (Fsp3) is 0.571. The summed E-state index contributed by atoms with van der Waals surface area (Å²) in [5.74, 6) is 1.19. The fourth-order valence-electron chi connectivity index (χ4n) is 1.72. The minimum absolute atomic E-state index is 0. The molecule has 7 heteroatoms. The molecule has 1 aromatic rings. The molecule has 0 atom stereocenters. The van der Waals surface area contributed by atoms with Crippen LogP contribution in [0.5, 0.6) is 5.75 Å². The van der Waals surface area contributed by atoms with Gasteiger partial charge in [-0.15, -0.1) is 0 Å². The summed E-state index contributed by atoms with van der Waals surface area (Å²) >= 11 is 0. The summed E-state index contributed by atoms with van der Waals surface area (Å²) in [4.78, 5) is 0. The van der Waals surface area contributed by atoms with Gasteiger partial charge in [-0.1, -0.05) is 45.2 Å². The van der Waals surface area contributed by atoms with Crippen molar-refractivity contribution in [3.05, 3.63) is 29.8 Å². The molecule has 0 aliphatic rings. The van der Waals surface area contributed by atoms with Gasteiger partial charge in [-0.05, 0) is 36.5 Å². The number of aromatic hydroxyl groups is 1. The van der Waals surface area contributed by atoms with Crippen molar-refractivity contribution >= 4 is 10.4 Å². The predicted octanol–water partition coefficient (Wildman–Crippen LogP) is 0.615. The topological polar surface area (TPSA) is 94.8 Å². The maximum atomic E-state index is 9.13. The van der Waals surface area contributed by atoms with Crippen molar-refractivity contribution in [2.75, 3.05) is 0 Å². The zero-order valence-electron chi connectivity index (χ0n) is 14.0. The third-order valence-corrected chi connectivity index (χ3v) is 2.68. The molecular formula is C14H25NaO5S. The third kappa shape index (κ3) is 19.9. The monoisotopic (exact) mass is 328 g/mol. The molecule has 0 fully saturated rings. The van der Waals surface area contributed by atoms with Crippen LogP contribution in [-0.2, 0) is 16.8 Å². The van der Waals surface area contributed by atoms with Gasteiger partial charge in [0.05, 0.1) is 0 Å². The summed E-state index contributed by atoms with van der Waals surface area (Å²) in [6.07, 6.45) is 6.40. The minimum Gasteiger partial charge on any atom is -1.00 e. The molecule has 0 heterocycles. The zero-order chi connectivity index (χ0) is 15.6. The van der Waals surface area contributed by atoms with Crippen LogP contribution in [0, 0.1) is 5.92 Å². The Morgan fingerprint density at radius 1 is 1.05 bits per heavy atom. The van der Waals surface area contributed by atoms with Gasteiger partial charge in [-0.2, -0.15) is 8.42 Å². The van der Waals surface area contributed by atoms with Gasteiger partial charge in [-0.25, -0.2) is 0 Å². The van der Waals surface area contributed by atoms with E-state index in [4.69, 9.17) is 22.6 Å². The van der Waals surface area contributed by atoms with Gasteiger partial charge in [0.2, 0.25) is 0 Å². The van der Waals surface area contributed by atoms with Crippen molar-refractivity contribution in [1.82, 2.24) is 0 Å². The van der Waals surface area contributed by atoms with E-state index in [0.29, 0.717) is 5.75 Å². The maximum absolute atomic E-state index is 9.13. The van der Waals surface area contributed by atoms with Crippen molar-refractivity contribution < 1.29 is 53.6 Å². The summed E-state index contributed by atoms with van der Waals surface area (Å²) in [6, 6.07) is 7.56. The number of phenols is 1. The quantitative estimate of drug-likeness (QED) is 0.404. The van der Waals surface area contributed by atoms with Crippen molar-refractivity contribution in [3.63, 3.8) is 0 Å². The van der Waals surface area contributed by atoms with Crippen LogP contribution in [-0.4, -0.2) is 22.6 Å². The molecule has 0 saturated heterocycles. The third-order valence-electron chi connectivity index (χ3n) is 2.68. The van der Waals surface area contributed by atoms with Gasteiger partial charge in [0.15, 0.2) is 0 Å². The van der Waals surface area contributed by atoms with E-state index >= 15 is 0 Å². The van der Waals surface area contributed by atoms with Crippen LogP contribution >= 0.6 is 0 Å². The van der Waals surface area contributed by atoms with E-state index in [9.17, 15) is 0 Å². The first-order chi connectivity index (χ1) is 9.18. The Morgan fingerprint density at radius 2 is 1.52 bits per heavy atom. The second-order valence-electron chi connectivity index (χ2n) is 5.11. The van der Waals surface area contributed by atoms with Crippen LogP contribution < -0.4 is 29.6 Å². The molecule has 1 rings (SSSR count). The van der Waals surface area contributed by atoms with E-state index in [0.717, 1.165) is 12.3 Å². The second-order valence-corrected chi connectivity index (χ2v) is 6.00. The molecule has 0 amide bonds. The van der Waals surface area contributed by atoms with Crippen molar-refractivity contribution in [2.45, 2.75) is 46.0 Å². The molecule has 0 spiro atoms. The van der Waals surface area contributed by atoms with E-state index in [-0.39, 0.29) is 31.0 Å². The van der Waals surface area contributed by atoms with Gasteiger partial charge < -0.3 is 6.53 Å². The van der Waals surface area contributed by atoms with Gasteiger partial charge in [-0.3, -0.25) is 9.11 Å². The molecule has 0 saturated carbocycles. The smallest absolute Gasteiger partial charge is 1.00 e. The first kappa shape index (κ1) is 23.2. The Labute approximate surface area is 151 Å². The van der Waals surface area contributed by atoms with E-state index in [1.807, 2.05) is 12.1 Å². The molecule has 21 heavy (non-hydrogen) atoms. The first-order valence-corrected chi connectivity index (χ1v) is 8.06. The fourth-order valence-corrected chi connectivity index (χ4v) is 1.72. The van der Waals surface area contributed by atoms with Crippen LogP contribution in [0.15, 0.2) is 24.3 Å². The standard InChI is InChI=1S/C14H22O.Na.H2O4S.H/c1-12(2)6-4-3-5-7-13-8-10-14(15)11-9-13;;1-5(2,3)4;/h8-12,15H,3-7H2,1-2H3;;(H2,1,2,3,4);/q;+1;;-1. The average Bonchev–Trinajstić information content (AvgIpc) is 2.28. The molecule has 0 aliphatic heterocycles. The molecular weight excluding hydrogens is 303 g/mol. The summed E-state index contributed by atoms with van der Waals surface area (Å²) in [6.45, 7) is 4.56. The summed E-state index contributed by atoms with van der Waals surface area (Å²) in [5.41, 5.74) is 1.33. The van der Waals surface area contributed by atoms with Gasteiger partial charge >= 0.3 is 40.0 Å². The largest absolute Gasteiger partial charge is 1.00 e. The van der Waals surface area contributed by atoms with Gasteiger partial charge in [0.25, 0.3) is 0 Å². The number of aryl methyl sites for hydroxylation is 1. The van der Waals surface area contributed by atoms with Crippen molar-refractivity contribution in [3.8, 4) is 5.75 Å². The van der Waals surface area contributed by atoms with Crippen LogP contribution in [0.1, 0.15) is 46.5 Å². The molecule has 5 nitrogen and oxygen atoms in total. The second kappa shape index (κ2) is 12.4. The van der Waals surface area contributed by atoms with Gasteiger partial charge in [0.1, 0.15) is 5.75 Å². The minimum atomic E-state index is -4.67. The van der Waals surface area contributed by atoms with Crippen LogP contribution in [0.2, 0.25) is 0 Å². The van der Waals surface area contributed by atoms with E-state index in [1.54, 1.807) is 12.1 Å². The molecule has 0 unspecified atom stereocenters. The number of hydrogen-bond acceptors (Lipinski definition) is 3. The Hall–Kier alpha value is -0.110. The van der Waals surface area contributed by atoms with Crippen LogP contribution in [0.25, 0.3) is 0 Å². The SMILES string of the molecule is CC(C)CCCCCc1ccc(O)cc1.O=S(=O)(O)O.[H-].[Na+]. The molecule has 0 aliphatic carbocycles. The number of phenolic OH excluding ortho intramolecular Hbond substituents is 1. The van der Waals surface area contributed by atoms with E-state index < -0.39 is 10.4 Å². The molecule has 1 aromatic carbocycles. The van der Waals surface area contributed by atoms with E-state index in [2.05, 4.69) is 13.8 Å². The van der Waals surface area contributed by atoms with E-state index in [1.165, 1.54) is 31.2 Å². The average molecular weight is 328 g/mol. The van der Waals surface area contributed by atoms with Crippen LogP contribution in [0.3, 0.4) is 0 Å². The first-order valence-electron chi connectivity index (χ1n) is 6.66. The normalized spacial score (nSPS) is 10.5. The summed E-state index contributed by atoms with van der Waals surface area (Å²) < 4.78 is 31.6. The zero-order valence-corrected chi connectivity index (χ0v) is 15.8. The Morgan fingerprint density at radius 3 is 1.95 bits per heavy atom. The molecule has 0 bridgehead atoms. The number of unbranched alkanes of at least 4 members (excludes halogenated alkanes) is 2. The molecule has 3 N–H and O–H groups in total. The predicted molar refractivity (Wildman–Crippen MR) is 80.4 cm³/mol. The van der Waals surface area contributed by atoms with Crippen LogP contribution in [0.4, 0.5) is 0 Å². The Balaban J connectivity index is -0.000000452. The van der Waals surface area contributed by atoms with Crippen molar-refractivity contribution in [2.24, 2.45) is 5.92 Å². The maximum Gasteiger partial charge on any atom is 1.00 e. The molecule has 0 aromatic heterocycles. The van der Waals surface area contributed by atoms with Gasteiger partial charge in [0, 0.05) is 0 Å². The number of hydrogen-bond donors (Lipinski definition) is 3. The summed E-state index contributed by atoms with van der Waals surface area (Å²) in [5, 5.41) is 9.13. The summed E-state index contributed by atoms with van der Waals surface area (Å²) in [7, 11) is -4.67. The number of benzene rings is 1.